The van der Waals surface area contributed by atoms with Gasteiger partial charge in [0.15, 0.2) is 6.04 Å². The van der Waals surface area contributed by atoms with Gasteiger partial charge in [0.25, 0.3) is 0 Å². The highest BCUT2D eigenvalue weighted by Crippen LogP contribution is 2.34. The van der Waals surface area contributed by atoms with Gasteiger partial charge in [-0.2, -0.15) is 13.2 Å². The molecule has 1 atom stereocenters. The quantitative estimate of drug-likeness (QED) is 0.836. The first kappa shape index (κ1) is 18.7. The summed E-state index contributed by atoms with van der Waals surface area (Å²) in [4.78, 5) is 15.3. The molecule has 0 saturated heterocycles. The molecule has 0 unspecified atom stereocenters. The van der Waals surface area contributed by atoms with E-state index >= 15 is 0 Å². The van der Waals surface area contributed by atoms with E-state index in [9.17, 15) is 23.1 Å². The van der Waals surface area contributed by atoms with Crippen molar-refractivity contribution in [1.29, 1.82) is 0 Å². The molecule has 0 aliphatic rings. The van der Waals surface area contributed by atoms with Gasteiger partial charge in [-0.1, -0.05) is 0 Å². The predicted molar refractivity (Wildman–Crippen MR) is 76.0 cm³/mol. The number of aliphatic hydroxyl groups excluding tert-OH is 1. The van der Waals surface area contributed by atoms with Crippen molar-refractivity contribution in [3.63, 3.8) is 0 Å². The summed E-state index contributed by atoms with van der Waals surface area (Å²) in [6.07, 6.45) is -4.85. The first-order valence-electron chi connectivity index (χ1n) is 6.25. The van der Waals surface area contributed by atoms with Crippen LogP contribution >= 0.6 is 15.9 Å². The molecular weight excluding hydrogens is 369 g/mol. The molecule has 0 radical (unpaired) electrons. The first-order chi connectivity index (χ1) is 9.94. The highest BCUT2D eigenvalue weighted by molar-refractivity contribution is 9.10. The smallest absolute Gasteiger partial charge is 0.414 e. The van der Waals surface area contributed by atoms with Crippen molar-refractivity contribution in [2.45, 2.75) is 45.2 Å². The number of aromatic nitrogens is 1. The van der Waals surface area contributed by atoms with E-state index in [0.29, 0.717) is 4.47 Å². The SMILES string of the molecule is CC(C)(C)OC(=O)N[C@H](c1ncc(Br)cc1CO)C(F)(F)F. The predicted octanol–water partition coefficient (Wildman–Crippen LogP) is 3.46. The number of pyridine rings is 1. The molecule has 1 amide bonds. The van der Waals surface area contributed by atoms with Crippen LogP contribution in [0, 0.1) is 0 Å². The summed E-state index contributed by atoms with van der Waals surface area (Å²) >= 11 is 3.06. The monoisotopic (exact) mass is 384 g/mol. The maximum Gasteiger partial charge on any atom is 0.414 e. The molecule has 0 aliphatic carbocycles. The number of carbonyl (C=O) groups is 1. The number of nitrogens with one attached hydrogen (secondary N) is 1. The molecule has 1 rings (SSSR count). The molecule has 0 bridgehead atoms. The van der Waals surface area contributed by atoms with Gasteiger partial charge < -0.3 is 15.2 Å². The Morgan fingerprint density at radius 3 is 2.50 bits per heavy atom. The lowest BCUT2D eigenvalue weighted by atomic mass is 10.1. The van der Waals surface area contributed by atoms with E-state index in [0.717, 1.165) is 6.20 Å². The molecule has 1 heterocycles. The summed E-state index contributed by atoms with van der Waals surface area (Å²) in [6.45, 7) is 3.95. The molecule has 1 aromatic heterocycles. The summed E-state index contributed by atoms with van der Waals surface area (Å²) in [5.74, 6) is 0. The zero-order valence-corrected chi connectivity index (χ0v) is 13.7. The van der Waals surface area contributed by atoms with E-state index in [1.807, 2.05) is 0 Å². The number of amides is 1. The number of hydrogen-bond donors (Lipinski definition) is 2. The van der Waals surface area contributed by atoms with Gasteiger partial charge in [-0.15, -0.1) is 0 Å². The molecule has 22 heavy (non-hydrogen) atoms. The second-order valence-electron chi connectivity index (χ2n) is 5.48. The van der Waals surface area contributed by atoms with Crippen LogP contribution in [0.5, 0.6) is 0 Å². The Balaban J connectivity index is 3.13. The molecule has 124 valence electrons. The van der Waals surface area contributed by atoms with Gasteiger partial charge in [0.1, 0.15) is 5.60 Å². The zero-order chi connectivity index (χ0) is 17.1. The summed E-state index contributed by atoms with van der Waals surface area (Å²) < 4.78 is 44.9. The van der Waals surface area contributed by atoms with Crippen LogP contribution in [0.25, 0.3) is 0 Å². The minimum absolute atomic E-state index is 0.0484. The molecule has 0 aromatic carbocycles. The van der Waals surface area contributed by atoms with Crippen molar-refractivity contribution < 1.29 is 27.8 Å². The van der Waals surface area contributed by atoms with Crippen molar-refractivity contribution in [1.82, 2.24) is 10.3 Å². The van der Waals surface area contributed by atoms with E-state index in [4.69, 9.17) is 4.74 Å². The van der Waals surface area contributed by atoms with Crippen LogP contribution in [-0.2, 0) is 11.3 Å². The number of aliphatic hydroxyl groups is 1. The average molecular weight is 385 g/mol. The van der Waals surface area contributed by atoms with Crippen LogP contribution in [-0.4, -0.2) is 28.0 Å². The molecule has 0 spiro atoms. The number of rotatable bonds is 3. The summed E-state index contributed by atoms with van der Waals surface area (Å²) in [5.41, 5.74) is -1.47. The molecule has 2 N–H and O–H groups in total. The van der Waals surface area contributed by atoms with Crippen LogP contribution in [0.1, 0.15) is 38.1 Å². The van der Waals surface area contributed by atoms with Crippen molar-refractivity contribution in [3.8, 4) is 0 Å². The fraction of sp³-hybridized carbons (Fsp3) is 0.538. The number of halogens is 4. The fourth-order valence-electron chi connectivity index (χ4n) is 1.61. The molecule has 0 aliphatic heterocycles. The van der Waals surface area contributed by atoms with E-state index in [1.54, 1.807) is 5.32 Å². The van der Waals surface area contributed by atoms with E-state index in [1.165, 1.54) is 26.8 Å². The lowest BCUT2D eigenvalue weighted by Gasteiger charge is -2.25. The fourth-order valence-corrected chi connectivity index (χ4v) is 1.99. The summed E-state index contributed by atoms with van der Waals surface area (Å²) in [6, 6.07) is -1.07. The Bertz CT molecular complexity index is 544. The number of ether oxygens (including phenoxy) is 1. The Labute approximate surface area is 134 Å². The Kier molecular flexibility index (Phi) is 5.80. The molecule has 9 heteroatoms. The topological polar surface area (TPSA) is 71.5 Å². The molecule has 0 fully saturated rings. The molecular formula is C13H16BrF3N2O3. The average Bonchev–Trinajstić information content (AvgIpc) is 2.32. The maximum atomic E-state index is 13.2. The van der Waals surface area contributed by atoms with Gasteiger partial charge in [0.2, 0.25) is 0 Å². The summed E-state index contributed by atoms with van der Waals surface area (Å²) in [5, 5.41) is 11.0. The van der Waals surface area contributed by atoms with Crippen LogP contribution in [0.15, 0.2) is 16.7 Å². The van der Waals surface area contributed by atoms with E-state index in [2.05, 4.69) is 20.9 Å². The number of alkyl carbamates (subject to hydrolysis) is 1. The minimum Gasteiger partial charge on any atom is -0.444 e. The van der Waals surface area contributed by atoms with Gasteiger partial charge in [0, 0.05) is 16.2 Å². The number of hydrogen-bond acceptors (Lipinski definition) is 4. The third-order valence-corrected chi connectivity index (χ3v) is 2.83. The molecule has 0 saturated carbocycles. The van der Waals surface area contributed by atoms with Crippen LogP contribution in [0.2, 0.25) is 0 Å². The van der Waals surface area contributed by atoms with Crippen LogP contribution < -0.4 is 5.32 Å². The first-order valence-corrected chi connectivity index (χ1v) is 7.04. The second-order valence-corrected chi connectivity index (χ2v) is 6.39. The lowest BCUT2D eigenvalue weighted by molar-refractivity contribution is -0.158. The normalized spacial score (nSPS) is 13.6. The highest BCUT2D eigenvalue weighted by Gasteiger charge is 2.44. The van der Waals surface area contributed by atoms with E-state index < -0.39 is 36.2 Å². The molecule has 1 aromatic rings. The van der Waals surface area contributed by atoms with Gasteiger partial charge in [0.05, 0.1) is 12.3 Å². The minimum atomic E-state index is -4.79. The third-order valence-electron chi connectivity index (χ3n) is 2.40. The highest BCUT2D eigenvalue weighted by atomic mass is 79.9. The Hall–Kier alpha value is -1.35. The van der Waals surface area contributed by atoms with Crippen molar-refractivity contribution in [2.24, 2.45) is 0 Å². The Morgan fingerprint density at radius 1 is 1.45 bits per heavy atom. The Morgan fingerprint density at radius 2 is 2.05 bits per heavy atom. The third kappa shape index (κ3) is 5.45. The largest absolute Gasteiger partial charge is 0.444 e. The van der Waals surface area contributed by atoms with Gasteiger partial charge in [-0.3, -0.25) is 4.98 Å². The maximum absolute atomic E-state index is 13.2. The number of alkyl halides is 3. The summed E-state index contributed by atoms with van der Waals surface area (Å²) in [7, 11) is 0. The lowest BCUT2D eigenvalue weighted by Crippen LogP contribution is -2.42. The van der Waals surface area contributed by atoms with Crippen LogP contribution in [0.4, 0.5) is 18.0 Å². The van der Waals surface area contributed by atoms with Crippen LogP contribution in [0.3, 0.4) is 0 Å². The van der Waals surface area contributed by atoms with Crippen molar-refractivity contribution in [3.05, 3.63) is 28.0 Å². The van der Waals surface area contributed by atoms with Gasteiger partial charge in [-0.05, 0) is 42.8 Å². The molecule has 5 nitrogen and oxygen atoms in total. The van der Waals surface area contributed by atoms with Crippen molar-refractivity contribution >= 4 is 22.0 Å². The van der Waals surface area contributed by atoms with Gasteiger partial charge in [-0.25, -0.2) is 4.79 Å². The van der Waals surface area contributed by atoms with E-state index in [-0.39, 0.29) is 5.56 Å². The second kappa shape index (κ2) is 6.82. The van der Waals surface area contributed by atoms with Crippen molar-refractivity contribution in [2.75, 3.05) is 0 Å². The zero-order valence-electron chi connectivity index (χ0n) is 12.2. The number of carbonyl (C=O) groups excluding carboxylic acids is 1. The van der Waals surface area contributed by atoms with Gasteiger partial charge >= 0.3 is 12.3 Å². The number of nitrogens with zero attached hydrogens (tertiary/aromatic N) is 1. The standard InChI is InChI=1S/C13H16BrF3N2O3/c1-12(2,3)22-11(21)19-10(13(15,16)17)9-7(6-20)4-8(14)5-18-9/h4-5,10,20H,6H2,1-3H3,(H,19,21)/t10-/m1/s1.